The molecule has 2 aromatic rings. The van der Waals surface area contributed by atoms with Crippen LogP contribution in [0.25, 0.3) is 0 Å². The van der Waals surface area contributed by atoms with Gasteiger partial charge in [-0.05, 0) is 31.2 Å². The third-order valence-electron chi connectivity index (χ3n) is 3.47. The van der Waals surface area contributed by atoms with Crippen LogP contribution in [0.2, 0.25) is 0 Å². The van der Waals surface area contributed by atoms with Gasteiger partial charge in [-0.3, -0.25) is 4.79 Å². The maximum absolute atomic E-state index is 13.9. The number of sulfone groups is 1. The molecule has 0 radical (unpaired) electrons. The van der Waals surface area contributed by atoms with Gasteiger partial charge in [-0.1, -0.05) is 18.2 Å². The number of rotatable bonds is 7. The molecule has 0 bridgehead atoms. The molecule has 0 aliphatic rings. The van der Waals surface area contributed by atoms with E-state index in [1.807, 2.05) is 0 Å². The predicted molar refractivity (Wildman–Crippen MR) is 99.0 cm³/mol. The number of halogens is 1. The first-order valence-corrected chi connectivity index (χ1v) is 9.91. The van der Waals surface area contributed by atoms with Crippen molar-refractivity contribution >= 4 is 33.1 Å². The summed E-state index contributed by atoms with van der Waals surface area (Å²) in [5, 5.41) is 5.15. The summed E-state index contributed by atoms with van der Waals surface area (Å²) in [5.74, 6) is -2.03. The predicted octanol–water partition coefficient (Wildman–Crippen LogP) is 2.46. The molecule has 2 rings (SSSR count). The molecule has 27 heavy (non-hydrogen) atoms. The van der Waals surface area contributed by atoms with E-state index in [1.54, 1.807) is 19.1 Å². The van der Waals surface area contributed by atoms with E-state index < -0.39 is 32.4 Å². The molecule has 0 atom stereocenters. The summed E-state index contributed by atoms with van der Waals surface area (Å²) in [4.78, 5) is 23.6. The number of benzene rings is 2. The van der Waals surface area contributed by atoms with E-state index in [-0.39, 0.29) is 30.1 Å². The Bertz CT molecular complexity index is 960. The molecule has 0 unspecified atom stereocenters. The molecule has 7 nitrogen and oxygen atoms in total. The summed E-state index contributed by atoms with van der Waals surface area (Å²) >= 11 is 0. The maximum Gasteiger partial charge on any atom is 0.340 e. The van der Waals surface area contributed by atoms with Crippen molar-refractivity contribution in [3.8, 4) is 0 Å². The average molecular weight is 394 g/mol. The number of ether oxygens (including phenoxy) is 1. The van der Waals surface area contributed by atoms with Gasteiger partial charge in [-0.2, -0.15) is 0 Å². The van der Waals surface area contributed by atoms with Crippen molar-refractivity contribution in [1.29, 1.82) is 0 Å². The topological polar surface area (TPSA) is 102 Å². The number of carbonyl (C=O) groups excluding carboxylic acids is 2. The van der Waals surface area contributed by atoms with E-state index >= 15 is 0 Å². The first-order chi connectivity index (χ1) is 12.7. The highest BCUT2D eigenvalue weighted by Crippen LogP contribution is 2.24. The second-order valence-electron chi connectivity index (χ2n) is 5.56. The van der Waals surface area contributed by atoms with Crippen LogP contribution in [0.4, 0.5) is 15.8 Å². The summed E-state index contributed by atoms with van der Waals surface area (Å²) < 4.78 is 42.3. The van der Waals surface area contributed by atoms with Crippen LogP contribution in [-0.2, 0) is 19.4 Å². The monoisotopic (exact) mass is 394 g/mol. The molecule has 0 spiro atoms. The fourth-order valence-electron chi connectivity index (χ4n) is 2.37. The van der Waals surface area contributed by atoms with Crippen LogP contribution in [0.15, 0.2) is 47.4 Å². The highest BCUT2D eigenvalue weighted by molar-refractivity contribution is 7.90. The Morgan fingerprint density at radius 3 is 2.41 bits per heavy atom. The van der Waals surface area contributed by atoms with Crippen molar-refractivity contribution in [3.63, 3.8) is 0 Å². The number of hydrogen-bond donors (Lipinski definition) is 2. The van der Waals surface area contributed by atoms with Gasteiger partial charge in [-0.25, -0.2) is 17.6 Å². The molecule has 0 aromatic heterocycles. The number of anilines is 2. The lowest BCUT2D eigenvalue weighted by Gasteiger charge is -2.13. The zero-order chi connectivity index (χ0) is 20.0. The second-order valence-corrected chi connectivity index (χ2v) is 7.51. The fourth-order valence-corrected chi connectivity index (χ4v) is 3.34. The Morgan fingerprint density at radius 2 is 1.74 bits per heavy atom. The van der Waals surface area contributed by atoms with E-state index in [2.05, 4.69) is 10.6 Å². The zero-order valence-corrected chi connectivity index (χ0v) is 15.6. The molecule has 0 aliphatic heterocycles. The summed E-state index contributed by atoms with van der Waals surface area (Å²) in [6.45, 7) is 1.53. The number of hydrogen-bond acceptors (Lipinski definition) is 6. The first-order valence-electron chi connectivity index (χ1n) is 8.02. The van der Waals surface area contributed by atoms with Crippen LogP contribution in [0, 0.1) is 5.82 Å². The summed E-state index contributed by atoms with van der Waals surface area (Å²) in [7, 11) is -3.83. The minimum atomic E-state index is -3.83. The highest BCUT2D eigenvalue weighted by Gasteiger charge is 2.19. The van der Waals surface area contributed by atoms with Gasteiger partial charge in [0, 0.05) is 6.26 Å². The molecule has 0 heterocycles. The molecule has 144 valence electrons. The Balaban J connectivity index is 2.13. The second kappa shape index (κ2) is 8.63. The van der Waals surface area contributed by atoms with Crippen molar-refractivity contribution in [2.45, 2.75) is 11.8 Å². The van der Waals surface area contributed by atoms with Gasteiger partial charge in [0.05, 0.1) is 30.1 Å². The molecular formula is C18H19FN2O5S. The number of amides is 1. The number of esters is 1. The highest BCUT2D eigenvalue weighted by atomic mass is 32.2. The molecule has 2 aromatic carbocycles. The quantitative estimate of drug-likeness (QED) is 0.700. The summed E-state index contributed by atoms with van der Waals surface area (Å²) in [5.41, 5.74) is 0.423. The lowest BCUT2D eigenvalue weighted by molar-refractivity contribution is -0.114. The van der Waals surface area contributed by atoms with Gasteiger partial charge in [0.15, 0.2) is 9.84 Å². The molecular weight excluding hydrogens is 375 g/mol. The van der Waals surface area contributed by atoms with Crippen LogP contribution >= 0.6 is 0 Å². The van der Waals surface area contributed by atoms with Gasteiger partial charge in [0.2, 0.25) is 5.91 Å². The van der Waals surface area contributed by atoms with Gasteiger partial charge >= 0.3 is 5.97 Å². The fraction of sp³-hybridized carbons (Fsp3) is 0.222. The Labute approximate surface area is 156 Å². The van der Waals surface area contributed by atoms with Gasteiger partial charge in [-0.15, -0.1) is 0 Å². The van der Waals surface area contributed by atoms with Crippen LogP contribution < -0.4 is 10.6 Å². The Hall–Kier alpha value is -2.94. The number of para-hydroxylation sites is 1. The van der Waals surface area contributed by atoms with Gasteiger partial charge < -0.3 is 15.4 Å². The normalized spacial score (nSPS) is 10.9. The summed E-state index contributed by atoms with van der Waals surface area (Å²) in [6.07, 6.45) is 0.881. The van der Waals surface area contributed by atoms with E-state index in [0.717, 1.165) is 12.3 Å². The smallest absolute Gasteiger partial charge is 0.340 e. The van der Waals surface area contributed by atoms with Crippen LogP contribution in [0.1, 0.15) is 17.3 Å². The van der Waals surface area contributed by atoms with Crippen molar-refractivity contribution < 1.29 is 27.1 Å². The molecule has 0 fully saturated rings. The lowest BCUT2D eigenvalue weighted by Crippen LogP contribution is -2.24. The zero-order valence-electron chi connectivity index (χ0n) is 14.8. The lowest BCUT2D eigenvalue weighted by atomic mass is 10.2. The minimum absolute atomic E-state index is 0.0219. The minimum Gasteiger partial charge on any atom is -0.462 e. The molecule has 1 amide bonds. The van der Waals surface area contributed by atoms with E-state index in [9.17, 15) is 22.4 Å². The number of nitrogens with one attached hydrogen (secondary N) is 2. The molecule has 2 N–H and O–H groups in total. The van der Waals surface area contributed by atoms with Crippen molar-refractivity contribution in [1.82, 2.24) is 0 Å². The van der Waals surface area contributed by atoms with E-state index in [1.165, 1.54) is 24.3 Å². The van der Waals surface area contributed by atoms with Crippen molar-refractivity contribution in [2.75, 3.05) is 30.0 Å². The van der Waals surface area contributed by atoms with Crippen LogP contribution in [0.3, 0.4) is 0 Å². The van der Waals surface area contributed by atoms with Crippen molar-refractivity contribution in [2.24, 2.45) is 0 Å². The molecule has 0 saturated carbocycles. The number of carbonyl (C=O) groups is 2. The van der Waals surface area contributed by atoms with E-state index in [4.69, 9.17) is 4.74 Å². The molecule has 0 aliphatic carbocycles. The Kier molecular flexibility index (Phi) is 6.51. The standard InChI is InChI=1S/C18H19FN2O5S/c1-3-26-18(23)12-7-4-5-9-14(12)21-16(22)11-20-15-10-6-8-13(19)17(15)27(2,24)25/h4-10,20H,3,11H2,1-2H3,(H,21,22). The Morgan fingerprint density at radius 1 is 1.07 bits per heavy atom. The SMILES string of the molecule is CCOC(=O)c1ccccc1NC(=O)CNc1cccc(F)c1S(C)(=O)=O. The molecule has 0 saturated heterocycles. The summed E-state index contributed by atoms with van der Waals surface area (Å²) in [6, 6.07) is 10.0. The van der Waals surface area contributed by atoms with Crippen LogP contribution in [-0.4, -0.2) is 39.7 Å². The average Bonchev–Trinajstić information content (AvgIpc) is 2.59. The van der Waals surface area contributed by atoms with Crippen LogP contribution in [0.5, 0.6) is 0 Å². The maximum atomic E-state index is 13.9. The van der Waals surface area contributed by atoms with Gasteiger partial charge in [0.1, 0.15) is 10.7 Å². The first kappa shape index (κ1) is 20.4. The third-order valence-corrected chi connectivity index (χ3v) is 4.63. The molecule has 9 heteroatoms. The van der Waals surface area contributed by atoms with Gasteiger partial charge in [0.25, 0.3) is 0 Å². The third kappa shape index (κ3) is 5.27. The van der Waals surface area contributed by atoms with E-state index in [0.29, 0.717) is 0 Å². The largest absolute Gasteiger partial charge is 0.462 e. The van der Waals surface area contributed by atoms with Crippen molar-refractivity contribution in [3.05, 3.63) is 53.8 Å².